The summed E-state index contributed by atoms with van der Waals surface area (Å²) in [6.45, 7) is 7.98. The van der Waals surface area contributed by atoms with E-state index in [4.69, 9.17) is 10.5 Å². The zero-order valence-corrected chi connectivity index (χ0v) is 20.6. The highest BCUT2D eigenvalue weighted by Gasteiger charge is 2.48. The molecule has 0 aromatic heterocycles. The first-order valence-electron chi connectivity index (χ1n) is 11.6. The third-order valence-corrected chi connectivity index (χ3v) is 7.46. The second-order valence-electron chi connectivity index (χ2n) is 9.47. The van der Waals surface area contributed by atoms with E-state index in [9.17, 15) is 24.9 Å². The van der Waals surface area contributed by atoms with Crippen LogP contribution in [0.25, 0.3) is 0 Å². The summed E-state index contributed by atoms with van der Waals surface area (Å²) in [5, 5.41) is 34.1. The van der Waals surface area contributed by atoms with Gasteiger partial charge in [0.25, 0.3) is 0 Å². The van der Waals surface area contributed by atoms with E-state index in [0.717, 1.165) is 19.3 Å². The standard InChI is InChI=1S/C22H41N3O6S/c1-6-7-13-8-9-25(21(30)12(4)23)14(10-13)20(29)24-15(11(2)3)19-17(27)16(26)18(28)22(31-19)32-5/h11-19,22,26-28H,6-10,23H2,1-5H3,(H,24,29). The fraction of sp³-hybridized carbons (Fsp3) is 0.909. The van der Waals surface area contributed by atoms with Gasteiger partial charge in [-0.15, -0.1) is 11.8 Å². The van der Waals surface area contributed by atoms with Gasteiger partial charge in [0.15, 0.2) is 0 Å². The highest BCUT2D eigenvalue weighted by Crippen LogP contribution is 2.31. The molecular weight excluding hydrogens is 434 g/mol. The van der Waals surface area contributed by atoms with E-state index >= 15 is 0 Å². The molecule has 2 aliphatic rings. The van der Waals surface area contributed by atoms with Gasteiger partial charge in [0.05, 0.1) is 12.1 Å². The van der Waals surface area contributed by atoms with Gasteiger partial charge in [-0.2, -0.15) is 0 Å². The Labute approximate surface area is 195 Å². The first-order valence-corrected chi connectivity index (χ1v) is 12.9. The molecule has 2 saturated heterocycles. The molecule has 0 bridgehead atoms. The number of aliphatic hydroxyl groups excluding tert-OH is 3. The third kappa shape index (κ3) is 6.15. The number of carbonyl (C=O) groups is 2. The van der Waals surface area contributed by atoms with Crippen molar-refractivity contribution in [1.29, 1.82) is 0 Å². The first kappa shape index (κ1) is 27.3. The van der Waals surface area contributed by atoms with Crippen LogP contribution in [0.1, 0.15) is 53.4 Å². The SMILES string of the molecule is CCCC1CCN(C(=O)C(C)N)C(C(=O)NC(C(C)C)C2OC(SC)C(O)C(O)C2O)C1. The maximum atomic E-state index is 13.4. The van der Waals surface area contributed by atoms with Gasteiger partial charge in [-0.1, -0.05) is 33.6 Å². The summed E-state index contributed by atoms with van der Waals surface area (Å²) in [6.07, 6.45) is 0.264. The number of nitrogens with one attached hydrogen (secondary N) is 1. The number of aliphatic hydroxyl groups is 3. The Bertz CT molecular complexity index is 635. The van der Waals surface area contributed by atoms with Crippen LogP contribution in [0.15, 0.2) is 0 Å². The molecule has 0 radical (unpaired) electrons. The van der Waals surface area contributed by atoms with E-state index in [1.165, 1.54) is 11.8 Å². The minimum absolute atomic E-state index is 0.129. The van der Waals surface area contributed by atoms with Crippen LogP contribution in [0.2, 0.25) is 0 Å². The van der Waals surface area contributed by atoms with Crippen LogP contribution >= 0.6 is 11.8 Å². The molecule has 2 heterocycles. The number of ether oxygens (including phenoxy) is 1. The molecule has 9 unspecified atom stereocenters. The molecule has 0 spiro atoms. The number of piperidine rings is 1. The Morgan fingerprint density at radius 2 is 1.84 bits per heavy atom. The van der Waals surface area contributed by atoms with Crippen molar-refractivity contribution in [2.75, 3.05) is 12.8 Å². The first-order chi connectivity index (χ1) is 15.0. The van der Waals surface area contributed by atoms with Gasteiger partial charge < -0.3 is 36.0 Å². The number of hydrogen-bond donors (Lipinski definition) is 5. The molecule has 0 aromatic carbocycles. The van der Waals surface area contributed by atoms with Gasteiger partial charge in [-0.05, 0) is 37.9 Å². The number of likely N-dealkylation sites (tertiary alicyclic amines) is 1. The van der Waals surface area contributed by atoms with E-state index in [1.54, 1.807) is 18.1 Å². The quantitative estimate of drug-likeness (QED) is 0.331. The number of carbonyl (C=O) groups excluding carboxylic acids is 2. The molecule has 32 heavy (non-hydrogen) atoms. The third-order valence-electron chi connectivity index (χ3n) is 6.60. The number of thioether (sulfide) groups is 1. The molecule has 2 fully saturated rings. The van der Waals surface area contributed by atoms with Crippen LogP contribution in [0.3, 0.4) is 0 Å². The van der Waals surface area contributed by atoms with Crippen molar-refractivity contribution in [3.8, 4) is 0 Å². The minimum Gasteiger partial charge on any atom is -0.388 e. The number of amides is 2. The molecule has 0 aromatic rings. The molecule has 0 saturated carbocycles. The minimum atomic E-state index is -1.39. The van der Waals surface area contributed by atoms with Gasteiger partial charge in [-0.25, -0.2) is 0 Å². The highest BCUT2D eigenvalue weighted by molar-refractivity contribution is 7.99. The van der Waals surface area contributed by atoms with Crippen molar-refractivity contribution in [3.05, 3.63) is 0 Å². The Morgan fingerprint density at radius 3 is 2.38 bits per heavy atom. The fourth-order valence-electron chi connectivity index (χ4n) is 4.74. The smallest absolute Gasteiger partial charge is 0.243 e. The number of rotatable bonds is 8. The molecule has 6 N–H and O–H groups in total. The summed E-state index contributed by atoms with van der Waals surface area (Å²) < 4.78 is 5.90. The lowest BCUT2D eigenvalue weighted by Gasteiger charge is -2.45. The zero-order valence-electron chi connectivity index (χ0n) is 19.8. The summed E-state index contributed by atoms with van der Waals surface area (Å²) in [7, 11) is 0. The van der Waals surface area contributed by atoms with Crippen molar-refractivity contribution in [3.63, 3.8) is 0 Å². The van der Waals surface area contributed by atoms with Crippen LogP contribution in [-0.4, -0.2) is 92.8 Å². The van der Waals surface area contributed by atoms with Gasteiger partial charge in [0, 0.05) is 6.54 Å². The van der Waals surface area contributed by atoms with Crippen molar-refractivity contribution in [2.45, 2.75) is 101 Å². The van der Waals surface area contributed by atoms with Gasteiger partial charge in [0.2, 0.25) is 11.8 Å². The van der Waals surface area contributed by atoms with E-state index in [-0.39, 0.29) is 17.7 Å². The molecule has 2 rings (SSSR count). The second-order valence-corrected chi connectivity index (χ2v) is 10.4. The van der Waals surface area contributed by atoms with E-state index in [0.29, 0.717) is 18.9 Å². The summed E-state index contributed by atoms with van der Waals surface area (Å²) in [5.74, 6) is -0.345. The van der Waals surface area contributed by atoms with Crippen molar-refractivity contribution < 1.29 is 29.6 Å². The molecular formula is C22H41N3O6S. The van der Waals surface area contributed by atoms with Gasteiger partial charge in [-0.3, -0.25) is 9.59 Å². The average Bonchev–Trinajstić information content (AvgIpc) is 2.75. The Balaban J connectivity index is 2.24. The summed E-state index contributed by atoms with van der Waals surface area (Å²) in [4.78, 5) is 27.7. The maximum Gasteiger partial charge on any atom is 0.243 e. The zero-order chi connectivity index (χ0) is 24.2. The second kappa shape index (κ2) is 12.0. The molecule has 10 heteroatoms. The summed E-state index contributed by atoms with van der Waals surface area (Å²) >= 11 is 1.23. The normalized spacial score (nSPS) is 35.4. The Kier molecular flexibility index (Phi) is 10.2. The van der Waals surface area contributed by atoms with Gasteiger partial charge >= 0.3 is 0 Å². The maximum absolute atomic E-state index is 13.4. The highest BCUT2D eigenvalue weighted by atomic mass is 32.2. The summed E-state index contributed by atoms with van der Waals surface area (Å²) in [5.41, 5.74) is 5.11. The Hall–Kier alpha value is -0.910. The predicted octanol–water partition coefficient (Wildman–Crippen LogP) is 0.0523. The molecule has 9 nitrogen and oxygen atoms in total. The monoisotopic (exact) mass is 475 g/mol. The molecule has 9 atom stereocenters. The lowest BCUT2D eigenvalue weighted by atomic mass is 9.85. The lowest BCUT2D eigenvalue weighted by Crippen LogP contribution is -2.65. The average molecular weight is 476 g/mol. The number of nitrogens with zero attached hydrogens (tertiary/aromatic N) is 1. The van der Waals surface area contributed by atoms with Crippen LogP contribution < -0.4 is 11.1 Å². The van der Waals surface area contributed by atoms with E-state index < -0.39 is 48.0 Å². The van der Waals surface area contributed by atoms with Crippen LogP contribution in [0.4, 0.5) is 0 Å². The Morgan fingerprint density at radius 1 is 1.19 bits per heavy atom. The number of nitrogens with two attached hydrogens (primary N) is 1. The number of hydrogen-bond acceptors (Lipinski definition) is 8. The van der Waals surface area contributed by atoms with Crippen molar-refractivity contribution in [1.82, 2.24) is 10.2 Å². The van der Waals surface area contributed by atoms with E-state index in [2.05, 4.69) is 12.2 Å². The molecule has 186 valence electrons. The van der Waals surface area contributed by atoms with Gasteiger partial charge in [0.1, 0.15) is 35.9 Å². The van der Waals surface area contributed by atoms with Crippen LogP contribution in [-0.2, 0) is 14.3 Å². The van der Waals surface area contributed by atoms with Crippen molar-refractivity contribution >= 4 is 23.6 Å². The van der Waals surface area contributed by atoms with Crippen LogP contribution in [0.5, 0.6) is 0 Å². The molecule has 2 amide bonds. The largest absolute Gasteiger partial charge is 0.388 e. The topological polar surface area (TPSA) is 145 Å². The fourth-order valence-corrected chi connectivity index (χ4v) is 5.42. The predicted molar refractivity (Wildman–Crippen MR) is 124 cm³/mol. The summed E-state index contributed by atoms with van der Waals surface area (Å²) in [6, 6.07) is -1.96. The molecule has 2 aliphatic heterocycles. The molecule has 0 aliphatic carbocycles. The van der Waals surface area contributed by atoms with E-state index in [1.807, 2.05) is 13.8 Å². The lowest BCUT2D eigenvalue weighted by molar-refractivity contribution is -0.208. The van der Waals surface area contributed by atoms with Crippen molar-refractivity contribution in [2.24, 2.45) is 17.6 Å². The van der Waals surface area contributed by atoms with Crippen LogP contribution in [0, 0.1) is 11.8 Å².